The van der Waals surface area contributed by atoms with Crippen LogP contribution in [0.2, 0.25) is 0 Å². The highest BCUT2D eigenvalue weighted by molar-refractivity contribution is 5.83. The molecule has 0 unspecified atom stereocenters. The summed E-state index contributed by atoms with van der Waals surface area (Å²) in [6, 6.07) is -3.30. The number of amides is 5. The molecule has 0 rings (SSSR count). The molecule has 3 atom stereocenters. The summed E-state index contributed by atoms with van der Waals surface area (Å²) >= 11 is 0. The Morgan fingerprint density at radius 1 is 0.519 bits per heavy atom. The van der Waals surface area contributed by atoms with Crippen LogP contribution in [0.1, 0.15) is 84.5 Å². The molecule has 0 saturated carbocycles. The molecular weight excluding hydrogens is 672 g/mol. The maximum absolute atomic E-state index is 13.0. The van der Waals surface area contributed by atoms with Gasteiger partial charge in [0.2, 0.25) is 29.5 Å². The molecule has 11 N–H and O–H groups in total. The Morgan fingerprint density at radius 2 is 0.827 bits per heavy atom. The molecule has 0 heterocycles. The van der Waals surface area contributed by atoms with Crippen LogP contribution in [0.25, 0.3) is 0 Å². The van der Waals surface area contributed by atoms with Crippen LogP contribution in [0.5, 0.6) is 0 Å². The van der Waals surface area contributed by atoms with Gasteiger partial charge in [-0.2, -0.15) is 0 Å². The van der Waals surface area contributed by atoms with Gasteiger partial charge >= 0.3 is 0 Å². The van der Waals surface area contributed by atoms with Gasteiger partial charge in [-0.05, 0) is 57.8 Å². The second-order valence-corrected chi connectivity index (χ2v) is 12.6. The van der Waals surface area contributed by atoms with Gasteiger partial charge in [0.1, 0.15) is 18.1 Å². The van der Waals surface area contributed by atoms with Crippen molar-refractivity contribution in [3.8, 4) is 0 Å². The summed E-state index contributed by atoms with van der Waals surface area (Å²) in [6.07, 6.45) is 14.1. The van der Waals surface area contributed by atoms with Gasteiger partial charge < -0.3 is 57.9 Å². The molecule has 0 aliphatic rings. The van der Waals surface area contributed by atoms with Crippen molar-refractivity contribution < 1.29 is 39.3 Å². The van der Waals surface area contributed by atoms with Gasteiger partial charge in [-0.3, -0.25) is 24.0 Å². The van der Waals surface area contributed by atoms with Crippen LogP contribution in [-0.4, -0.2) is 150 Å². The van der Waals surface area contributed by atoms with Crippen molar-refractivity contribution in [1.82, 2.24) is 25.3 Å². The lowest BCUT2D eigenvalue weighted by atomic mass is 10.2. The van der Waals surface area contributed by atoms with Gasteiger partial charge in [0.25, 0.3) is 0 Å². The minimum absolute atomic E-state index is 0.0738. The number of allylic oxidation sites excluding steroid dienone is 4. The Hall–Kier alpha value is -3.41. The Bertz CT molecular complexity index is 1080. The van der Waals surface area contributed by atoms with E-state index < -0.39 is 55.7 Å². The van der Waals surface area contributed by atoms with Crippen molar-refractivity contribution in [2.45, 2.75) is 103 Å². The first-order valence-corrected chi connectivity index (χ1v) is 18.8. The third kappa shape index (κ3) is 22.5. The van der Waals surface area contributed by atoms with E-state index >= 15 is 0 Å². The predicted molar refractivity (Wildman–Crippen MR) is 201 cm³/mol. The molecule has 52 heavy (non-hydrogen) atoms. The first-order valence-electron chi connectivity index (χ1n) is 18.8. The lowest BCUT2D eigenvalue weighted by molar-refractivity contribution is -0.135. The highest BCUT2D eigenvalue weighted by atomic mass is 16.3. The number of rotatable bonds is 31. The molecule has 0 fully saturated rings. The third-order valence-corrected chi connectivity index (χ3v) is 8.17. The first-order chi connectivity index (χ1) is 25.0. The predicted octanol–water partition coefficient (Wildman–Crippen LogP) is -0.893. The molecule has 0 saturated heterocycles. The topological polar surface area (TPSA) is 258 Å². The molecule has 0 radical (unpaired) electrons. The Morgan fingerprint density at radius 3 is 1.13 bits per heavy atom. The average Bonchev–Trinajstić information content (AvgIpc) is 3.15. The number of nitrogens with one attached hydrogen (secondary N) is 2. The van der Waals surface area contributed by atoms with Gasteiger partial charge in [0.05, 0.1) is 19.8 Å². The summed E-state index contributed by atoms with van der Waals surface area (Å²) in [7, 11) is 0. The summed E-state index contributed by atoms with van der Waals surface area (Å²) in [5.74, 6) is -1.48. The minimum atomic E-state index is -1.12. The van der Waals surface area contributed by atoms with Gasteiger partial charge in [0, 0.05) is 65.2 Å². The number of hydrogen-bond acceptors (Lipinski definition) is 11. The van der Waals surface area contributed by atoms with E-state index in [9.17, 15) is 39.3 Å². The van der Waals surface area contributed by atoms with Crippen molar-refractivity contribution >= 4 is 29.5 Å². The van der Waals surface area contributed by atoms with E-state index in [0.29, 0.717) is 84.0 Å². The fraction of sp³-hybridized carbons (Fsp3) is 0.750. The highest BCUT2D eigenvalue weighted by Gasteiger charge is 2.24. The number of unbranched alkanes of at least 4 members (excludes halogenated alkanes) is 1. The van der Waals surface area contributed by atoms with E-state index in [-0.39, 0.29) is 38.0 Å². The molecule has 0 aliphatic heterocycles. The fourth-order valence-corrected chi connectivity index (χ4v) is 5.16. The maximum Gasteiger partial charge on any atom is 0.241 e. The molecule has 0 aromatic rings. The number of aliphatic hydroxyl groups excluding tert-OH is 3. The van der Waals surface area contributed by atoms with Gasteiger partial charge in [-0.1, -0.05) is 38.2 Å². The van der Waals surface area contributed by atoms with Gasteiger partial charge in [-0.15, -0.1) is 0 Å². The molecule has 300 valence electrons. The maximum atomic E-state index is 13.0. The number of carbonyl (C=O) groups excluding carboxylic acids is 5. The molecule has 16 nitrogen and oxygen atoms in total. The monoisotopic (exact) mass is 741 g/mol. The molecule has 0 aromatic carbocycles. The van der Waals surface area contributed by atoms with Crippen LogP contribution in [-0.2, 0) is 24.0 Å². The summed E-state index contributed by atoms with van der Waals surface area (Å²) in [5.41, 5.74) is 17.5. The highest BCUT2D eigenvalue weighted by Crippen LogP contribution is 2.07. The molecule has 0 spiro atoms. The first kappa shape index (κ1) is 48.6. The molecule has 0 aromatic heterocycles. The van der Waals surface area contributed by atoms with E-state index in [0.717, 1.165) is 12.8 Å². The van der Waals surface area contributed by atoms with E-state index in [1.165, 1.54) is 9.80 Å². The SMILES string of the molecule is CC/C=C\CCC(=O)NCCCN(CCCCN(CCCN(CCCNC(=O)CC/C=C\CC)C(=O)[C@@H](N)CO)C(=O)[C@@H](N)CO)C(=O)[C@@H](N)CO. The third-order valence-electron chi connectivity index (χ3n) is 8.17. The standard InChI is InChI=1S/C36H68N8O8/c1-3-5-7-9-16-32(48)40-18-13-22-42(34(50)29(37)26-45)20-11-12-21-43(35(51)30(38)27-46)24-15-25-44(36(52)31(39)28-47)23-14-19-41-33(49)17-10-8-6-4-2/h5-8,29-31,45-47H,3-4,9-28,37-39H2,1-2H3,(H,40,48)(H,41,49)/b7-5-,8-6-/t29-,30-,31-/m0/s1. The number of hydrogen-bond donors (Lipinski definition) is 8. The van der Waals surface area contributed by atoms with Crippen LogP contribution in [0.15, 0.2) is 24.3 Å². The van der Waals surface area contributed by atoms with E-state index in [4.69, 9.17) is 17.2 Å². The summed E-state index contributed by atoms with van der Waals surface area (Å²) in [6.45, 7) is 4.84. The number of aliphatic hydroxyl groups is 3. The quantitative estimate of drug-likeness (QED) is 0.0319. The minimum Gasteiger partial charge on any atom is -0.394 e. The number of nitrogens with zero attached hydrogens (tertiary/aromatic N) is 3. The second-order valence-electron chi connectivity index (χ2n) is 12.6. The van der Waals surface area contributed by atoms with E-state index in [1.54, 1.807) is 4.90 Å². The van der Waals surface area contributed by atoms with Crippen molar-refractivity contribution in [2.24, 2.45) is 17.2 Å². The second kappa shape index (κ2) is 31.1. The van der Waals surface area contributed by atoms with Crippen LogP contribution >= 0.6 is 0 Å². The normalized spacial score (nSPS) is 13.2. The lowest BCUT2D eigenvalue weighted by Gasteiger charge is -2.29. The summed E-state index contributed by atoms with van der Waals surface area (Å²) in [5, 5.41) is 34.2. The number of nitrogens with two attached hydrogens (primary N) is 3. The van der Waals surface area contributed by atoms with Crippen LogP contribution in [0.4, 0.5) is 0 Å². The zero-order valence-corrected chi connectivity index (χ0v) is 31.6. The largest absolute Gasteiger partial charge is 0.394 e. The Labute approximate surface area is 310 Å². The summed E-state index contributed by atoms with van der Waals surface area (Å²) in [4.78, 5) is 67.5. The Balaban J connectivity index is 5.19. The zero-order valence-electron chi connectivity index (χ0n) is 31.6. The Kier molecular flexibility index (Phi) is 29.1. The average molecular weight is 741 g/mol. The van der Waals surface area contributed by atoms with Crippen molar-refractivity contribution in [1.29, 1.82) is 0 Å². The van der Waals surface area contributed by atoms with Crippen molar-refractivity contribution in [2.75, 3.05) is 72.2 Å². The smallest absolute Gasteiger partial charge is 0.241 e. The van der Waals surface area contributed by atoms with Crippen LogP contribution in [0, 0.1) is 0 Å². The van der Waals surface area contributed by atoms with E-state index in [1.807, 2.05) is 38.2 Å². The molecule has 0 aliphatic carbocycles. The molecule has 0 bridgehead atoms. The fourth-order valence-electron chi connectivity index (χ4n) is 5.16. The number of carbonyl (C=O) groups is 5. The van der Waals surface area contributed by atoms with Crippen molar-refractivity contribution in [3.05, 3.63) is 24.3 Å². The summed E-state index contributed by atoms with van der Waals surface area (Å²) < 4.78 is 0. The van der Waals surface area contributed by atoms with E-state index in [2.05, 4.69) is 10.6 Å². The van der Waals surface area contributed by atoms with Gasteiger partial charge in [0.15, 0.2) is 0 Å². The zero-order chi connectivity index (χ0) is 39.1. The van der Waals surface area contributed by atoms with Gasteiger partial charge in [-0.25, -0.2) is 0 Å². The molecule has 16 heteroatoms. The lowest BCUT2D eigenvalue weighted by Crippen LogP contribution is -2.49. The molecule has 5 amide bonds. The van der Waals surface area contributed by atoms with Crippen molar-refractivity contribution in [3.63, 3.8) is 0 Å². The van der Waals surface area contributed by atoms with Crippen LogP contribution in [0.3, 0.4) is 0 Å². The van der Waals surface area contributed by atoms with Crippen LogP contribution < -0.4 is 27.8 Å². The molecular formula is C36H68N8O8.